The second-order valence-electron chi connectivity index (χ2n) is 7.32. The zero-order chi connectivity index (χ0) is 23.9. The molecule has 2 heterocycles. The third kappa shape index (κ3) is 5.89. The number of hydrogen-bond acceptors (Lipinski definition) is 8. The van der Waals surface area contributed by atoms with Gasteiger partial charge in [0.15, 0.2) is 0 Å². The largest absolute Gasteiger partial charge is 0.497 e. The van der Waals surface area contributed by atoms with E-state index in [0.29, 0.717) is 34.0 Å². The first-order chi connectivity index (χ1) is 16.5. The van der Waals surface area contributed by atoms with E-state index in [2.05, 4.69) is 15.5 Å². The van der Waals surface area contributed by atoms with Gasteiger partial charge in [-0.25, -0.2) is 0 Å². The lowest BCUT2D eigenvalue weighted by atomic mass is 10.2. The quantitative estimate of drug-likeness (QED) is 0.355. The standard InChI is InChI=1S/C24H22N4O4S2/c1-31-18-9-7-16(8-10-18)15-19-23(30)28(24(33)34-19)14-12-20(29)25-13-11-21-26-27-22(32-21)17-5-3-2-4-6-17/h2-10,15H,11-14H2,1H3,(H,25,29)/b19-15-. The second-order valence-corrected chi connectivity index (χ2v) is 9.00. The Morgan fingerprint density at radius 1 is 1.18 bits per heavy atom. The average Bonchev–Trinajstić information content (AvgIpc) is 3.43. The number of carbonyl (C=O) groups excluding carboxylic acids is 2. The van der Waals surface area contributed by atoms with E-state index < -0.39 is 0 Å². The van der Waals surface area contributed by atoms with E-state index in [1.165, 1.54) is 16.7 Å². The first-order valence-corrected chi connectivity index (χ1v) is 11.8. The molecule has 8 nitrogen and oxygen atoms in total. The van der Waals surface area contributed by atoms with Crippen molar-refractivity contribution in [3.05, 3.63) is 71.0 Å². The summed E-state index contributed by atoms with van der Waals surface area (Å²) in [5.74, 6) is 1.25. The van der Waals surface area contributed by atoms with Crippen LogP contribution in [0, 0.1) is 0 Å². The zero-order valence-corrected chi connectivity index (χ0v) is 20.0. The van der Waals surface area contributed by atoms with Crippen LogP contribution in [0.25, 0.3) is 17.5 Å². The van der Waals surface area contributed by atoms with Gasteiger partial charge in [0.25, 0.3) is 5.91 Å². The summed E-state index contributed by atoms with van der Waals surface area (Å²) in [6.07, 6.45) is 2.34. The van der Waals surface area contributed by atoms with Crippen LogP contribution in [0.15, 0.2) is 63.9 Å². The van der Waals surface area contributed by atoms with Crippen molar-refractivity contribution in [2.24, 2.45) is 0 Å². The van der Waals surface area contributed by atoms with Crippen LogP contribution in [-0.4, -0.2) is 51.4 Å². The number of amides is 2. The number of aromatic nitrogens is 2. The number of carbonyl (C=O) groups is 2. The maximum absolute atomic E-state index is 12.7. The van der Waals surface area contributed by atoms with Crippen LogP contribution in [-0.2, 0) is 16.0 Å². The molecule has 0 unspecified atom stereocenters. The van der Waals surface area contributed by atoms with Crippen molar-refractivity contribution in [2.45, 2.75) is 12.8 Å². The van der Waals surface area contributed by atoms with Crippen LogP contribution in [0.4, 0.5) is 0 Å². The average molecular weight is 495 g/mol. The van der Waals surface area contributed by atoms with Gasteiger partial charge >= 0.3 is 0 Å². The Hall–Kier alpha value is -3.50. The Kier molecular flexibility index (Phi) is 7.71. The molecule has 34 heavy (non-hydrogen) atoms. The number of hydrogen-bond donors (Lipinski definition) is 1. The second kappa shape index (κ2) is 11.1. The molecule has 1 aromatic heterocycles. The van der Waals surface area contributed by atoms with Crippen LogP contribution >= 0.6 is 24.0 Å². The molecule has 2 amide bonds. The van der Waals surface area contributed by atoms with E-state index in [-0.39, 0.29) is 24.8 Å². The highest BCUT2D eigenvalue weighted by Gasteiger charge is 2.32. The number of thiocarbonyl (C=S) groups is 1. The molecule has 4 rings (SSSR count). The Balaban J connectivity index is 1.23. The molecule has 174 valence electrons. The number of thioether (sulfide) groups is 1. The molecule has 1 aliphatic rings. The topological polar surface area (TPSA) is 97.6 Å². The van der Waals surface area contributed by atoms with Crippen molar-refractivity contribution in [1.29, 1.82) is 0 Å². The van der Waals surface area contributed by atoms with Crippen molar-refractivity contribution >= 4 is 46.2 Å². The van der Waals surface area contributed by atoms with E-state index in [4.69, 9.17) is 21.4 Å². The van der Waals surface area contributed by atoms with Gasteiger partial charge in [-0.3, -0.25) is 14.5 Å². The minimum absolute atomic E-state index is 0.140. The molecule has 0 aliphatic carbocycles. The Morgan fingerprint density at radius 3 is 2.68 bits per heavy atom. The van der Waals surface area contributed by atoms with Gasteiger partial charge in [-0.1, -0.05) is 54.3 Å². The fourth-order valence-corrected chi connectivity index (χ4v) is 4.52. The molecule has 10 heteroatoms. The highest BCUT2D eigenvalue weighted by atomic mass is 32.2. The van der Waals surface area contributed by atoms with Crippen LogP contribution in [0.1, 0.15) is 17.9 Å². The molecule has 0 saturated carbocycles. The summed E-state index contributed by atoms with van der Waals surface area (Å²) in [5, 5.41) is 10.9. The number of methoxy groups -OCH3 is 1. The van der Waals surface area contributed by atoms with Gasteiger partial charge in [0.05, 0.1) is 12.0 Å². The Bertz CT molecular complexity index is 1210. The smallest absolute Gasteiger partial charge is 0.266 e. The number of rotatable bonds is 9. The number of ether oxygens (including phenoxy) is 1. The molecule has 0 spiro atoms. The minimum atomic E-state index is -0.196. The molecule has 1 fully saturated rings. The van der Waals surface area contributed by atoms with Gasteiger partial charge in [-0.15, -0.1) is 10.2 Å². The van der Waals surface area contributed by atoms with E-state index in [1.54, 1.807) is 13.2 Å². The molecule has 2 aromatic carbocycles. The number of nitrogens with zero attached hydrogens (tertiary/aromatic N) is 3. The summed E-state index contributed by atoms with van der Waals surface area (Å²) >= 11 is 6.58. The lowest BCUT2D eigenvalue weighted by Crippen LogP contribution is -2.34. The van der Waals surface area contributed by atoms with Crippen LogP contribution in [0.3, 0.4) is 0 Å². The van der Waals surface area contributed by atoms with Gasteiger partial charge in [-0.05, 0) is 35.9 Å². The molecular formula is C24H22N4O4S2. The number of benzene rings is 2. The van der Waals surface area contributed by atoms with Gasteiger partial charge in [0.1, 0.15) is 10.1 Å². The van der Waals surface area contributed by atoms with Crippen molar-refractivity contribution in [1.82, 2.24) is 20.4 Å². The zero-order valence-electron chi connectivity index (χ0n) is 18.4. The highest BCUT2D eigenvalue weighted by molar-refractivity contribution is 8.26. The summed E-state index contributed by atoms with van der Waals surface area (Å²) in [6, 6.07) is 16.9. The van der Waals surface area contributed by atoms with E-state index >= 15 is 0 Å². The van der Waals surface area contributed by atoms with Crippen LogP contribution in [0.2, 0.25) is 0 Å². The third-order valence-corrected chi connectivity index (χ3v) is 6.38. The molecule has 0 radical (unpaired) electrons. The first-order valence-electron chi connectivity index (χ1n) is 10.6. The fourth-order valence-electron chi connectivity index (χ4n) is 3.21. The van der Waals surface area contributed by atoms with Gasteiger partial charge in [0.2, 0.25) is 17.7 Å². The molecule has 1 aliphatic heterocycles. The minimum Gasteiger partial charge on any atom is -0.497 e. The van der Waals surface area contributed by atoms with Crippen LogP contribution < -0.4 is 10.1 Å². The maximum Gasteiger partial charge on any atom is 0.266 e. The lowest BCUT2D eigenvalue weighted by molar-refractivity contribution is -0.123. The molecule has 3 aromatic rings. The summed E-state index contributed by atoms with van der Waals surface area (Å²) in [7, 11) is 1.60. The summed E-state index contributed by atoms with van der Waals surface area (Å²) in [4.78, 5) is 27.0. The van der Waals surface area contributed by atoms with E-state index in [9.17, 15) is 9.59 Å². The first kappa shape index (κ1) is 23.7. The van der Waals surface area contributed by atoms with Gasteiger partial charge < -0.3 is 14.5 Å². The Morgan fingerprint density at radius 2 is 1.94 bits per heavy atom. The van der Waals surface area contributed by atoms with Crippen molar-refractivity contribution in [2.75, 3.05) is 20.2 Å². The molecule has 0 bridgehead atoms. The fraction of sp³-hybridized carbons (Fsp3) is 0.208. The van der Waals surface area contributed by atoms with E-state index in [0.717, 1.165) is 16.9 Å². The predicted molar refractivity (Wildman–Crippen MR) is 134 cm³/mol. The molecule has 1 N–H and O–H groups in total. The number of nitrogens with one attached hydrogen (secondary N) is 1. The summed E-state index contributed by atoms with van der Waals surface area (Å²) < 4.78 is 11.2. The molecule has 0 atom stereocenters. The normalized spacial score (nSPS) is 14.6. The maximum atomic E-state index is 12.7. The summed E-state index contributed by atoms with van der Waals surface area (Å²) in [6.45, 7) is 0.570. The van der Waals surface area contributed by atoms with Crippen molar-refractivity contribution < 1.29 is 18.7 Å². The molecule has 1 saturated heterocycles. The van der Waals surface area contributed by atoms with E-state index in [1.807, 2.05) is 54.6 Å². The lowest BCUT2D eigenvalue weighted by Gasteiger charge is -2.14. The highest BCUT2D eigenvalue weighted by Crippen LogP contribution is 2.32. The Labute approximate surface area is 206 Å². The third-order valence-electron chi connectivity index (χ3n) is 5.00. The predicted octanol–water partition coefficient (Wildman–Crippen LogP) is 3.70. The summed E-state index contributed by atoms with van der Waals surface area (Å²) in [5.41, 5.74) is 1.71. The monoisotopic (exact) mass is 494 g/mol. The van der Waals surface area contributed by atoms with Crippen LogP contribution in [0.5, 0.6) is 5.75 Å². The van der Waals surface area contributed by atoms with Crippen molar-refractivity contribution in [3.8, 4) is 17.2 Å². The molecular weight excluding hydrogens is 472 g/mol. The SMILES string of the molecule is COc1ccc(/C=C2\SC(=S)N(CCC(=O)NCCc3nnc(-c4ccccc4)o3)C2=O)cc1. The van der Waals surface area contributed by atoms with Gasteiger partial charge in [0, 0.05) is 31.5 Å². The van der Waals surface area contributed by atoms with Gasteiger partial charge in [-0.2, -0.15) is 0 Å². The van der Waals surface area contributed by atoms with Crippen molar-refractivity contribution in [3.63, 3.8) is 0 Å².